The fourth-order valence-electron chi connectivity index (χ4n) is 4.39. The van der Waals surface area contributed by atoms with Crippen LogP contribution in [0.25, 0.3) is 0 Å². The van der Waals surface area contributed by atoms with Crippen molar-refractivity contribution in [3.8, 4) is 5.75 Å². The molecule has 1 aromatic carbocycles. The van der Waals surface area contributed by atoms with Crippen molar-refractivity contribution in [3.63, 3.8) is 0 Å². The van der Waals surface area contributed by atoms with Crippen molar-refractivity contribution in [3.05, 3.63) is 50.0 Å². The lowest BCUT2D eigenvalue weighted by Crippen LogP contribution is -2.43. The Morgan fingerprint density at radius 1 is 1.26 bits per heavy atom. The lowest BCUT2D eigenvalue weighted by Gasteiger charge is -2.35. The van der Waals surface area contributed by atoms with E-state index in [9.17, 15) is 26.4 Å². The van der Waals surface area contributed by atoms with Crippen LogP contribution in [0.1, 0.15) is 53.0 Å². The first kappa shape index (κ1) is 27.4. The topological polar surface area (TPSA) is 141 Å². The monoisotopic (exact) mass is 542 g/mol. The Bertz CT molecular complexity index is 1330. The lowest BCUT2D eigenvalue weighted by atomic mass is 9.80. The molecule has 9 nitrogen and oxygen atoms in total. The number of nitrogens with two attached hydrogens (primary N) is 1. The number of amides is 1. The number of benzene rings is 1. The number of thioether (sulfide) groups is 1. The van der Waals surface area contributed by atoms with Gasteiger partial charge in [0.1, 0.15) is 14.2 Å². The van der Waals surface area contributed by atoms with Crippen LogP contribution in [0.5, 0.6) is 5.75 Å². The molecule has 0 saturated heterocycles. The fourth-order valence-corrected chi connectivity index (χ4v) is 8.86. The Labute approximate surface area is 210 Å². The number of sulfone groups is 1. The standard InChI is InChI=1S/C23H30N2O7S3/c1-6-25(20(27)13-23(4,5)17-9-7-8-10-19(17)32-15(3)26)18-12-21(35(24,30)31)33-22-16(18)11-14(2)34(22,28)29/h7-10,12,14,18H,6,11,13H2,1-5H3,(H2,24,30,31)/t14-,18-/m0/s1. The summed E-state index contributed by atoms with van der Waals surface area (Å²) in [4.78, 5) is 26.6. The number of para-hydroxylation sites is 1. The molecule has 0 aromatic heterocycles. The molecule has 3 rings (SSSR count). The van der Waals surface area contributed by atoms with Crippen LogP contribution in [0.15, 0.2) is 44.4 Å². The van der Waals surface area contributed by atoms with E-state index in [4.69, 9.17) is 9.88 Å². The molecule has 1 amide bonds. The van der Waals surface area contributed by atoms with Crippen LogP contribution in [0.4, 0.5) is 0 Å². The summed E-state index contributed by atoms with van der Waals surface area (Å²) >= 11 is 0.634. The second-order valence-corrected chi connectivity index (χ2v) is 14.7. The predicted octanol–water partition coefficient (Wildman–Crippen LogP) is 2.79. The first-order valence-electron chi connectivity index (χ1n) is 11.1. The van der Waals surface area contributed by atoms with E-state index in [1.54, 1.807) is 38.1 Å². The molecule has 0 radical (unpaired) electrons. The zero-order chi connectivity index (χ0) is 26.3. The molecule has 2 atom stereocenters. The molecule has 0 aliphatic carbocycles. The number of primary sulfonamides is 1. The maximum atomic E-state index is 13.6. The van der Waals surface area contributed by atoms with Gasteiger partial charge in [-0.05, 0) is 38.0 Å². The van der Waals surface area contributed by atoms with E-state index in [-0.39, 0.29) is 33.8 Å². The largest absolute Gasteiger partial charge is 0.426 e. The van der Waals surface area contributed by atoms with Crippen LogP contribution in [0.3, 0.4) is 0 Å². The van der Waals surface area contributed by atoms with Crippen molar-refractivity contribution >= 4 is 43.5 Å². The molecule has 0 fully saturated rings. The van der Waals surface area contributed by atoms with Gasteiger partial charge in [-0.3, -0.25) is 9.59 Å². The number of likely N-dealkylation sites (N-methyl/N-ethyl adjacent to an activating group) is 1. The van der Waals surface area contributed by atoms with Gasteiger partial charge in [-0.1, -0.05) is 43.8 Å². The van der Waals surface area contributed by atoms with E-state index in [2.05, 4.69) is 0 Å². The van der Waals surface area contributed by atoms with Gasteiger partial charge in [0.05, 0.1) is 11.3 Å². The third-order valence-electron chi connectivity index (χ3n) is 6.14. The summed E-state index contributed by atoms with van der Waals surface area (Å²) in [5, 5.41) is 4.63. The second-order valence-electron chi connectivity index (χ2n) is 9.28. The summed E-state index contributed by atoms with van der Waals surface area (Å²) in [5.74, 6) is -0.431. The summed E-state index contributed by atoms with van der Waals surface area (Å²) in [6.45, 7) is 8.51. The smallest absolute Gasteiger partial charge is 0.308 e. The van der Waals surface area contributed by atoms with E-state index >= 15 is 0 Å². The molecule has 2 aliphatic heterocycles. The van der Waals surface area contributed by atoms with Gasteiger partial charge in [0.2, 0.25) is 15.9 Å². The lowest BCUT2D eigenvalue weighted by molar-refractivity contribution is -0.133. The van der Waals surface area contributed by atoms with E-state index in [1.807, 2.05) is 13.8 Å². The molecule has 0 saturated carbocycles. The van der Waals surface area contributed by atoms with Gasteiger partial charge < -0.3 is 9.64 Å². The quantitative estimate of drug-likeness (QED) is 0.410. The van der Waals surface area contributed by atoms with Gasteiger partial charge in [0.15, 0.2) is 9.84 Å². The van der Waals surface area contributed by atoms with Gasteiger partial charge in [-0.2, -0.15) is 0 Å². The average Bonchev–Trinajstić information content (AvgIpc) is 2.96. The maximum Gasteiger partial charge on any atom is 0.308 e. The number of rotatable bonds is 7. The molecule has 0 unspecified atom stereocenters. The molecular weight excluding hydrogens is 512 g/mol. The summed E-state index contributed by atoms with van der Waals surface area (Å²) in [6.07, 6.45) is 1.58. The normalized spacial score (nSPS) is 21.8. The van der Waals surface area contributed by atoms with Gasteiger partial charge in [0, 0.05) is 30.9 Å². The van der Waals surface area contributed by atoms with E-state index in [1.165, 1.54) is 17.9 Å². The van der Waals surface area contributed by atoms with Gasteiger partial charge in [-0.25, -0.2) is 22.0 Å². The summed E-state index contributed by atoms with van der Waals surface area (Å²) < 4.78 is 55.1. The molecule has 2 heterocycles. The molecular formula is C23H30N2O7S3. The van der Waals surface area contributed by atoms with Crippen LogP contribution >= 0.6 is 11.8 Å². The number of carbonyl (C=O) groups excluding carboxylic acids is 2. The molecule has 35 heavy (non-hydrogen) atoms. The van der Waals surface area contributed by atoms with E-state index < -0.39 is 42.5 Å². The minimum absolute atomic E-state index is 0.00618. The molecule has 12 heteroatoms. The van der Waals surface area contributed by atoms with Crippen molar-refractivity contribution in [2.24, 2.45) is 5.14 Å². The molecule has 192 valence electrons. The Kier molecular flexibility index (Phi) is 7.62. The third kappa shape index (κ3) is 5.50. The maximum absolute atomic E-state index is 13.6. The number of sulfonamides is 1. The Balaban J connectivity index is 2.01. The average molecular weight is 543 g/mol. The van der Waals surface area contributed by atoms with E-state index in [0.29, 0.717) is 28.6 Å². The van der Waals surface area contributed by atoms with Crippen molar-refractivity contribution in [2.45, 2.75) is 64.2 Å². The van der Waals surface area contributed by atoms with E-state index in [0.717, 1.165) is 0 Å². The predicted molar refractivity (Wildman–Crippen MR) is 135 cm³/mol. The SMILES string of the molecule is CCN(C(=O)CC(C)(C)c1ccccc1OC(C)=O)[C@H]1C=C(S(N)(=O)=O)SC2=C1C[C@H](C)S2(=O)=O. The Morgan fingerprint density at radius 2 is 1.89 bits per heavy atom. The summed E-state index contributed by atoms with van der Waals surface area (Å²) in [7, 11) is -7.91. The van der Waals surface area contributed by atoms with Crippen molar-refractivity contribution in [1.82, 2.24) is 4.90 Å². The van der Waals surface area contributed by atoms with Gasteiger partial charge in [-0.15, -0.1) is 0 Å². The highest BCUT2D eigenvalue weighted by atomic mass is 32.3. The van der Waals surface area contributed by atoms with Crippen LogP contribution in [-0.4, -0.2) is 51.4 Å². The summed E-state index contributed by atoms with van der Waals surface area (Å²) in [5.41, 5.74) is 0.415. The van der Waals surface area contributed by atoms with Crippen LogP contribution < -0.4 is 9.88 Å². The van der Waals surface area contributed by atoms with Crippen molar-refractivity contribution in [1.29, 1.82) is 0 Å². The van der Waals surface area contributed by atoms with Gasteiger partial charge >= 0.3 is 5.97 Å². The molecule has 2 aliphatic rings. The molecule has 0 spiro atoms. The second kappa shape index (κ2) is 9.72. The first-order chi connectivity index (χ1) is 16.1. The zero-order valence-corrected chi connectivity index (χ0v) is 22.7. The van der Waals surface area contributed by atoms with Crippen LogP contribution in [0.2, 0.25) is 0 Å². The number of nitrogens with zero attached hydrogens (tertiary/aromatic N) is 1. The molecule has 2 N–H and O–H groups in total. The zero-order valence-electron chi connectivity index (χ0n) is 20.3. The minimum Gasteiger partial charge on any atom is -0.426 e. The highest BCUT2D eigenvalue weighted by molar-refractivity contribution is 8.27. The number of hydrogen-bond acceptors (Lipinski definition) is 8. The Morgan fingerprint density at radius 3 is 2.46 bits per heavy atom. The number of hydrogen-bond donors (Lipinski definition) is 1. The van der Waals surface area contributed by atoms with Gasteiger partial charge in [0.25, 0.3) is 0 Å². The third-order valence-corrected chi connectivity index (χ3v) is 11.5. The highest BCUT2D eigenvalue weighted by Gasteiger charge is 2.45. The Hall–Kier alpha value is -2.15. The first-order valence-corrected chi connectivity index (χ1v) is 15.0. The minimum atomic E-state index is -4.19. The number of carbonyl (C=O) groups is 2. The summed E-state index contributed by atoms with van der Waals surface area (Å²) in [6, 6.07) is 6.10. The molecule has 0 bridgehead atoms. The number of ether oxygens (including phenoxy) is 1. The fraction of sp³-hybridized carbons (Fsp3) is 0.478. The highest BCUT2D eigenvalue weighted by Crippen LogP contribution is 2.49. The number of esters is 1. The van der Waals surface area contributed by atoms with Crippen molar-refractivity contribution in [2.75, 3.05) is 6.54 Å². The molecule has 1 aromatic rings. The van der Waals surface area contributed by atoms with Crippen molar-refractivity contribution < 1.29 is 31.2 Å². The van der Waals surface area contributed by atoms with Crippen LogP contribution in [-0.2, 0) is 34.9 Å². The van der Waals surface area contributed by atoms with Crippen LogP contribution in [0, 0.1) is 0 Å².